The van der Waals surface area contributed by atoms with Gasteiger partial charge < -0.3 is 5.32 Å². The molecule has 2 aromatic rings. The van der Waals surface area contributed by atoms with E-state index in [-0.39, 0.29) is 5.92 Å². The zero-order valence-electron chi connectivity index (χ0n) is 12.5. The lowest BCUT2D eigenvalue weighted by atomic mass is 10.1. The third-order valence-corrected chi connectivity index (χ3v) is 3.01. The Bertz CT molecular complexity index is 607. The van der Waals surface area contributed by atoms with Crippen LogP contribution in [0.15, 0.2) is 24.3 Å². The van der Waals surface area contributed by atoms with Gasteiger partial charge in [0.05, 0.1) is 0 Å². The number of rotatable bonds is 5. The number of halogens is 2. The van der Waals surface area contributed by atoms with Crippen LogP contribution in [-0.4, -0.2) is 16.5 Å². The Morgan fingerprint density at radius 3 is 2.29 bits per heavy atom. The van der Waals surface area contributed by atoms with Crippen molar-refractivity contribution in [2.45, 2.75) is 33.1 Å². The Hall–Kier alpha value is -2.04. The minimum Gasteiger partial charge on any atom is -0.370 e. The third-order valence-electron chi connectivity index (χ3n) is 3.01. The van der Waals surface area contributed by atoms with Crippen molar-refractivity contribution in [1.82, 2.24) is 9.97 Å². The summed E-state index contributed by atoms with van der Waals surface area (Å²) in [4.78, 5) is 8.76. The van der Waals surface area contributed by atoms with E-state index < -0.39 is 11.6 Å². The SMILES string of the molecule is CCCNc1cc(C(C)C)nc(-c2cc(F)cc(F)c2)n1. The highest BCUT2D eigenvalue weighted by Crippen LogP contribution is 2.23. The number of aromatic nitrogens is 2. The van der Waals surface area contributed by atoms with E-state index in [1.165, 1.54) is 12.1 Å². The number of nitrogens with one attached hydrogen (secondary N) is 1. The minimum absolute atomic E-state index is 0.201. The summed E-state index contributed by atoms with van der Waals surface area (Å²) in [5.74, 6) is -0.0565. The van der Waals surface area contributed by atoms with Crippen molar-refractivity contribution in [3.8, 4) is 11.4 Å². The molecule has 0 spiro atoms. The molecule has 0 fully saturated rings. The maximum absolute atomic E-state index is 13.4. The quantitative estimate of drug-likeness (QED) is 0.889. The summed E-state index contributed by atoms with van der Waals surface area (Å²) in [6.45, 7) is 6.87. The van der Waals surface area contributed by atoms with Crippen molar-refractivity contribution in [3.63, 3.8) is 0 Å². The Morgan fingerprint density at radius 2 is 1.71 bits per heavy atom. The maximum Gasteiger partial charge on any atom is 0.161 e. The van der Waals surface area contributed by atoms with Gasteiger partial charge in [-0.05, 0) is 24.5 Å². The summed E-state index contributed by atoms with van der Waals surface area (Å²) in [6.07, 6.45) is 0.963. The van der Waals surface area contributed by atoms with Gasteiger partial charge in [-0.3, -0.25) is 0 Å². The number of nitrogens with zero attached hydrogens (tertiary/aromatic N) is 2. The van der Waals surface area contributed by atoms with E-state index >= 15 is 0 Å². The van der Waals surface area contributed by atoms with Gasteiger partial charge in [0.15, 0.2) is 5.82 Å². The van der Waals surface area contributed by atoms with Crippen LogP contribution in [0.1, 0.15) is 38.8 Å². The smallest absolute Gasteiger partial charge is 0.161 e. The predicted octanol–water partition coefficient (Wildman–Crippen LogP) is 4.37. The summed E-state index contributed by atoms with van der Waals surface area (Å²) >= 11 is 0. The fraction of sp³-hybridized carbons (Fsp3) is 0.375. The molecule has 1 heterocycles. The molecule has 0 aliphatic carbocycles. The molecule has 21 heavy (non-hydrogen) atoms. The van der Waals surface area contributed by atoms with Gasteiger partial charge in [-0.25, -0.2) is 18.7 Å². The lowest BCUT2D eigenvalue weighted by Gasteiger charge is -2.11. The highest BCUT2D eigenvalue weighted by atomic mass is 19.1. The normalized spacial score (nSPS) is 11.0. The van der Waals surface area contributed by atoms with Crippen molar-refractivity contribution in [2.24, 2.45) is 0 Å². The van der Waals surface area contributed by atoms with Crippen LogP contribution in [0.4, 0.5) is 14.6 Å². The average molecular weight is 291 g/mol. The molecule has 1 N–H and O–H groups in total. The Morgan fingerprint density at radius 1 is 1.05 bits per heavy atom. The van der Waals surface area contributed by atoms with Gasteiger partial charge in [0.1, 0.15) is 17.5 Å². The van der Waals surface area contributed by atoms with Gasteiger partial charge in [-0.15, -0.1) is 0 Å². The first-order valence-electron chi connectivity index (χ1n) is 7.09. The van der Waals surface area contributed by atoms with Gasteiger partial charge in [-0.2, -0.15) is 0 Å². The molecule has 1 aromatic carbocycles. The summed E-state index contributed by atoms with van der Waals surface area (Å²) < 4.78 is 26.7. The highest BCUT2D eigenvalue weighted by molar-refractivity contribution is 5.58. The van der Waals surface area contributed by atoms with Gasteiger partial charge in [0.25, 0.3) is 0 Å². The van der Waals surface area contributed by atoms with E-state index in [4.69, 9.17) is 0 Å². The van der Waals surface area contributed by atoms with Crippen LogP contribution < -0.4 is 5.32 Å². The van der Waals surface area contributed by atoms with Crippen LogP contribution in [0.25, 0.3) is 11.4 Å². The molecule has 0 unspecified atom stereocenters. The highest BCUT2D eigenvalue weighted by Gasteiger charge is 2.11. The van der Waals surface area contributed by atoms with Crippen LogP contribution in [0.5, 0.6) is 0 Å². The fourth-order valence-electron chi connectivity index (χ4n) is 1.92. The van der Waals surface area contributed by atoms with Crippen LogP contribution in [0, 0.1) is 11.6 Å². The summed E-state index contributed by atoms with van der Waals surface area (Å²) in [7, 11) is 0. The van der Waals surface area contributed by atoms with Gasteiger partial charge in [0, 0.05) is 29.9 Å². The second kappa shape index (κ2) is 6.61. The van der Waals surface area contributed by atoms with E-state index in [2.05, 4.69) is 22.2 Å². The van der Waals surface area contributed by atoms with Crippen LogP contribution in [0.3, 0.4) is 0 Å². The number of anilines is 1. The number of hydrogen-bond donors (Lipinski definition) is 1. The molecule has 112 valence electrons. The average Bonchev–Trinajstić information content (AvgIpc) is 2.43. The van der Waals surface area contributed by atoms with Crippen molar-refractivity contribution in [3.05, 3.63) is 41.6 Å². The molecule has 5 heteroatoms. The van der Waals surface area contributed by atoms with Gasteiger partial charge in [-0.1, -0.05) is 20.8 Å². The first-order valence-corrected chi connectivity index (χ1v) is 7.09. The first kappa shape index (κ1) is 15.4. The molecular formula is C16H19F2N3. The Balaban J connectivity index is 2.48. The first-order chi connectivity index (χ1) is 9.99. The van der Waals surface area contributed by atoms with Crippen LogP contribution >= 0.6 is 0 Å². The molecule has 0 aliphatic rings. The second-order valence-corrected chi connectivity index (χ2v) is 5.24. The maximum atomic E-state index is 13.4. The van der Waals surface area contributed by atoms with E-state index in [9.17, 15) is 8.78 Å². The van der Waals surface area contributed by atoms with Gasteiger partial charge in [0.2, 0.25) is 0 Å². The van der Waals surface area contributed by atoms with E-state index in [1.54, 1.807) is 0 Å². The zero-order chi connectivity index (χ0) is 15.4. The molecule has 0 radical (unpaired) electrons. The zero-order valence-corrected chi connectivity index (χ0v) is 12.5. The lowest BCUT2D eigenvalue weighted by Crippen LogP contribution is -2.06. The summed E-state index contributed by atoms with van der Waals surface area (Å²) in [5.41, 5.74) is 1.18. The molecule has 0 aliphatic heterocycles. The molecule has 0 saturated heterocycles. The van der Waals surface area contributed by atoms with E-state index in [0.717, 1.165) is 24.7 Å². The predicted molar refractivity (Wildman–Crippen MR) is 80.3 cm³/mol. The summed E-state index contributed by atoms with van der Waals surface area (Å²) in [6, 6.07) is 5.20. The molecule has 3 nitrogen and oxygen atoms in total. The molecule has 0 amide bonds. The minimum atomic E-state index is -0.633. The van der Waals surface area contributed by atoms with Crippen LogP contribution in [0.2, 0.25) is 0 Å². The molecule has 0 atom stereocenters. The van der Waals surface area contributed by atoms with E-state index in [1.807, 2.05) is 19.9 Å². The second-order valence-electron chi connectivity index (χ2n) is 5.24. The monoisotopic (exact) mass is 291 g/mol. The number of benzene rings is 1. The lowest BCUT2D eigenvalue weighted by molar-refractivity contribution is 0.584. The Labute approximate surface area is 123 Å². The summed E-state index contributed by atoms with van der Waals surface area (Å²) in [5, 5.41) is 3.19. The molecule has 0 bridgehead atoms. The molecule has 1 aromatic heterocycles. The third kappa shape index (κ3) is 3.97. The fourth-order valence-corrected chi connectivity index (χ4v) is 1.92. The molecule has 0 saturated carbocycles. The topological polar surface area (TPSA) is 37.8 Å². The van der Waals surface area contributed by atoms with Crippen molar-refractivity contribution < 1.29 is 8.78 Å². The van der Waals surface area contributed by atoms with E-state index in [0.29, 0.717) is 17.2 Å². The molecular weight excluding hydrogens is 272 g/mol. The largest absolute Gasteiger partial charge is 0.370 e. The van der Waals surface area contributed by atoms with Crippen molar-refractivity contribution in [1.29, 1.82) is 0 Å². The van der Waals surface area contributed by atoms with Crippen molar-refractivity contribution >= 4 is 5.82 Å². The number of hydrogen-bond acceptors (Lipinski definition) is 3. The van der Waals surface area contributed by atoms with Crippen molar-refractivity contribution in [2.75, 3.05) is 11.9 Å². The Kier molecular flexibility index (Phi) is 4.83. The molecule has 2 rings (SSSR count). The van der Waals surface area contributed by atoms with Crippen LogP contribution in [-0.2, 0) is 0 Å². The van der Waals surface area contributed by atoms with Gasteiger partial charge >= 0.3 is 0 Å². The standard InChI is InChI=1S/C16H19F2N3/c1-4-5-19-15-9-14(10(2)3)20-16(21-15)11-6-12(17)8-13(18)7-11/h6-10H,4-5H2,1-3H3,(H,19,20,21).